The van der Waals surface area contributed by atoms with E-state index < -0.39 is 0 Å². The smallest absolute Gasteiger partial charge is 0.251 e. The topological polar surface area (TPSA) is 72.2 Å². The summed E-state index contributed by atoms with van der Waals surface area (Å²) in [4.78, 5) is 22.9. The molecule has 4 nitrogen and oxygen atoms in total. The van der Waals surface area contributed by atoms with Gasteiger partial charge in [0.15, 0.2) is 0 Å². The number of hydrogen-bond donors (Lipinski definition) is 3. The average Bonchev–Trinajstić information content (AvgIpc) is 2.29. The molecular formula is C12H16N2O2S. The van der Waals surface area contributed by atoms with Gasteiger partial charge in [-0.25, -0.2) is 0 Å². The van der Waals surface area contributed by atoms with E-state index in [1.54, 1.807) is 24.3 Å². The van der Waals surface area contributed by atoms with Gasteiger partial charge in [-0.15, -0.1) is 12.6 Å². The van der Waals surface area contributed by atoms with Crippen LogP contribution in [0.1, 0.15) is 29.6 Å². The summed E-state index contributed by atoms with van der Waals surface area (Å²) < 4.78 is 0. The van der Waals surface area contributed by atoms with Gasteiger partial charge in [-0.3, -0.25) is 9.59 Å². The Morgan fingerprint density at radius 1 is 1.18 bits per heavy atom. The van der Waals surface area contributed by atoms with Gasteiger partial charge in [-0.05, 0) is 37.1 Å². The molecule has 0 radical (unpaired) electrons. The molecule has 0 bridgehead atoms. The SMILES string of the molecule is NC(=O)CCCCNC(=O)c1ccc(S)cc1. The summed E-state index contributed by atoms with van der Waals surface area (Å²) in [7, 11) is 0. The third-order valence-electron chi connectivity index (χ3n) is 2.27. The molecule has 0 fully saturated rings. The Hall–Kier alpha value is -1.49. The summed E-state index contributed by atoms with van der Waals surface area (Å²) in [6.45, 7) is 0.550. The molecule has 0 heterocycles. The molecule has 0 atom stereocenters. The maximum Gasteiger partial charge on any atom is 0.251 e. The second-order valence-electron chi connectivity index (χ2n) is 3.73. The van der Waals surface area contributed by atoms with Crippen LogP contribution in [0.5, 0.6) is 0 Å². The van der Waals surface area contributed by atoms with Gasteiger partial charge in [0.05, 0.1) is 0 Å². The molecule has 0 saturated heterocycles. The fourth-order valence-corrected chi connectivity index (χ4v) is 1.49. The standard InChI is InChI=1S/C12H16N2O2S/c13-11(15)3-1-2-8-14-12(16)9-4-6-10(17)7-5-9/h4-7,17H,1-3,8H2,(H2,13,15)(H,14,16). The molecule has 0 saturated carbocycles. The Kier molecular flexibility index (Phi) is 5.56. The molecule has 1 rings (SSSR count). The molecule has 0 unspecified atom stereocenters. The fourth-order valence-electron chi connectivity index (χ4n) is 1.34. The Morgan fingerprint density at radius 2 is 1.82 bits per heavy atom. The van der Waals surface area contributed by atoms with Crippen molar-refractivity contribution >= 4 is 24.4 Å². The highest BCUT2D eigenvalue weighted by atomic mass is 32.1. The minimum absolute atomic E-state index is 0.114. The van der Waals surface area contributed by atoms with Crippen molar-refractivity contribution in [1.29, 1.82) is 0 Å². The summed E-state index contributed by atoms with van der Waals surface area (Å²) >= 11 is 4.14. The van der Waals surface area contributed by atoms with Crippen LogP contribution in [-0.2, 0) is 4.79 Å². The predicted molar refractivity (Wildman–Crippen MR) is 69.1 cm³/mol. The molecular weight excluding hydrogens is 236 g/mol. The third kappa shape index (κ3) is 5.40. The van der Waals surface area contributed by atoms with E-state index in [-0.39, 0.29) is 11.8 Å². The van der Waals surface area contributed by atoms with E-state index in [4.69, 9.17) is 5.73 Å². The maximum atomic E-state index is 11.6. The van der Waals surface area contributed by atoms with Crippen LogP contribution in [0.3, 0.4) is 0 Å². The number of nitrogens with two attached hydrogens (primary N) is 1. The van der Waals surface area contributed by atoms with Crippen LogP contribution in [0.2, 0.25) is 0 Å². The van der Waals surface area contributed by atoms with E-state index >= 15 is 0 Å². The monoisotopic (exact) mass is 252 g/mol. The van der Waals surface area contributed by atoms with Crippen molar-refractivity contribution in [3.05, 3.63) is 29.8 Å². The Morgan fingerprint density at radius 3 is 2.41 bits per heavy atom. The van der Waals surface area contributed by atoms with Crippen LogP contribution in [0, 0.1) is 0 Å². The first kappa shape index (κ1) is 13.6. The zero-order valence-electron chi connectivity index (χ0n) is 9.48. The highest BCUT2D eigenvalue weighted by Gasteiger charge is 2.03. The molecule has 17 heavy (non-hydrogen) atoms. The number of carbonyl (C=O) groups excluding carboxylic acids is 2. The van der Waals surface area contributed by atoms with Crippen molar-refractivity contribution in [3.8, 4) is 0 Å². The Bertz CT molecular complexity index is 390. The predicted octanol–water partition coefficient (Wildman–Crippen LogP) is 1.36. The van der Waals surface area contributed by atoms with Crippen LogP contribution >= 0.6 is 12.6 Å². The molecule has 1 aromatic carbocycles. The molecule has 3 N–H and O–H groups in total. The number of hydrogen-bond acceptors (Lipinski definition) is 3. The van der Waals surface area contributed by atoms with Crippen LogP contribution in [0.4, 0.5) is 0 Å². The first-order valence-electron chi connectivity index (χ1n) is 5.45. The molecule has 2 amide bonds. The van der Waals surface area contributed by atoms with E-state index in [1.807, 2.05) is 0 Å². The molecule has 0 spiro atoms. The van der Waals surface area contributed by atoms with Crippen molar-refractivity contribution in [2.45, 2.75) is 24.2 Å². The highest BCUT2D eigenvalue weighted by molar-refractivity contribution is 7.80. The number of amides is 2. The van der Waals surface area contributed by atoms with Gasteiger partial charge >= 0.3 is 0 Å². The molecule has 0 aromatic heterocycles. The number of unbranched alkanes of at least 4 members (excludes halogenated alkanes) is 1. The second kappa shape index (κ2) is 6.96. The maximum absolute atomic E-state index is 11.6. The van der Waals surface area contributed by atoms with E-state index in [0.29, 0.717) is 24.9 Å². The largest absolute Gasteiger partial charge is 0.370 e. The first-order chi connectivity index (χ1) is 8.09. The number of rotatable bonds is 6. The Balaban J connectivity index is 2.25. The second-order valence-corrected chi connectivity index (χ2v) is 4.24. The van der Waals surface area contributed by atoms with E-state index in [2.05, 4.69) is 17.9 Å². The van der Waals surface area contributed by atoms with E-state index in [9.17, 15) is 9.59 Å². The number of carbonyl (C=O) groups is 2. The van der Waals surface area contributed by atoms with Gasteiger partial charge in [0, 0.05) is 23.4 Å². The summed E-state index contributed by atoms with van der Waals surface area (Å²) in [5.74, 6) is -0.418. The summed E-state index contributed by atoms with van der Waals surface area (Å²) in [5.41, 5.74) is 5.62. The molecule has 5 heteroatoms. The van der Waals surface area contributed by atoms with Crippen LogP contribution in [0.25, 0.3) is 0 Å². The fraction of sp³-hybridized carbons (Fsp3) is 0.333. The molecule has 92 valence electrons. The van der Waals surface area contributed by atoms with Gasteiger partial charge in [-0.1, -0.05) is 0 Å². The van der Waals surface area contributed by atoms with Gasteiger partial charge in [0.2, 0.25) is 5.91 Å². The van der Waals surface area contributed by atoms with Crippen LogP contribution < -0.4 is 11.1 Å². The average molecular weight is 252 g/mol. The van der Waals surface area contributed by atoms with Crippen LogP contribution in [-0.4, -0.2) is 18.4 Å². The minimum Gasteiger partial charge on any atom is -0.370 e. The third-order valence-corrected chi connectivity index (χ3v) is 2.56. The summed E-state index contributed by atoms with van der Waals surface area (Å²) in [6, 6.07) is 6.98. The number of nitrogens with one attached hydrogen (secondary N) is 1. The zero-order chi connectivity index (χ0) is 12.7. The lowest BCUT2D eigenvalue weighted by atomic mass is 10.2. The first-order valence-corrected chi connectivity index (χ1v) is 5.90. The lowest BCUT2D eigenvalue weighted by Gasteiger charge is -2.04. The quantitative estimate of drug-likeness (QED) is 0.528. The van der Waals surface area contributed by atoms with Gasteiger partial charge in [0.25, 0.3) is 5.91 Å². The summed E-state index contributed by atoms with van der Waals surface area (Å²) in [6.07, 6.45) is 1.81. The minimum atomic E-state index is -0.305. The lowest BCUT2D eigenvalue weighted by molar-refractivity contribution is -0.118. The van der Waals surface area contributed by atoms with Crippen molar-refractivity contribution in [2.24, 2.45) is 5.73 Å². The van der Waals surface area contributed by atoms with Gasteiger partial charge in [-0.2, -0.15) is 0 Å². The van der Waals surface area contributed by atoms with Gasteiger partial charge < -0.3 is 11.1 Å². The normalized spacial score (nSPS) is 9.94. The zero-order valence-corrected chi connectivity index (χ0v) is 10.4. The molecule has 0 aliphatic heterocycles. The van der Waals surface area contributed by atoms with Gasteiger partial charge in [0.1, 0.15) is 0 Å². The molecule has 0 aliphatic rings. The van der Waals surface area contributed by atoms with Crippen molar-refractivity contribution < 1.29 is 9.59 Å². The molecule has 1 aromatic rings. The molecule has 0 aliphatic carbocycles. The van der Waals surface area contributed by atoms with E-state index in [0.717, 1.165) is 11.3 Å². The number of thiol groups is 1. The van der Waals surface area contributed by atoms with Crippen molar-refractivity contribution in [2.75, 3.05) is 6.54 Å². The number of primary amides is 1. The van der Waals surface area contributed by atoms with Crippen molar-refractivity contribution in [1.82, 2.24) is 5.32 Å². The summed E-state index contributed by atoms with van der Waals surface area (Å²) in [5, 5.41) is 2.78. The van der Waals surface area contributed by atoms with Crippen LogP contribution in [0.15, 0.2) is 29.2 Å². The van der Waals surface area contributed by atoms with E-state index in [1.165, 1.54) is 0 Å². The lowest BCUT2D eigenvalue weighted by Crippen LogP contribution is -2.24. The number of benzene rings is 1. The Labute approximate surface area is 106 Å². The highest BCUT2D eigenvalue weighted by Crippen LogP contribution is 2.07. The van der Waals surface area contributed by atoms with Crippen molar-refractivity contribution in [3.63, 3.8) is 0 Å².